The predicted molar refractivity (Wildman–Crippen MR) is 117 cm³/mol. The first-order valence-corrected chi connectivity index (χ1v) is 10.0. The molecule has 3 aromatic rings. The first-order valence-electron chi connectivity index (χ1n) is 10.0. The molecular weight excluding hydrogens is 378 g/mol. The third kappa shape index (κ3) is 4.59. The van der Waals surface area contributed by atoms with E-state index in [4.69, 9.17) is 4.74 Å². The van der Waals surface area contributed by atoms with Crippen LogP contribution >= 0.6 is 0 Å². The van der Waals surface area contributed by atoms with Crippen molar-refractivity contribution in [1.82, 2.24) is 9.78 Å². The number of hydrogen-bond donors (Lipinski definition) is 1. The van der Waals surface area contributed by atoms with Crippen LogP contribution in [0.4, 0.5) is 5.69 Å². The van der Waals surface area contributed by atoms with Crippen LogP contribution in [-0.2, 0) is 9.53 Å². The van der Waals surface area contributed by atoms with Gasteiger partial charge in [-0.25, -0.2) is 9.48 Å². The second-order valence-corrected chi connectivity index (χ2v) is 7.66. The molecule has 0 bridgehead atoms. The fraction of sp³-hybridized carbons (Fsp3) is 0.292. The Balaban J connectivity index is 1.67. The van der Waals surface area contributed by atoms with Gasteiger partial charge in [0.05, 0.1) is 11.3 Å². The number of nitrogens with one attached hydrogen (secondary N) is 1. The Kier molecular flexibility index (Phi) is 6.35. The van der Waals surface area contributed by atoms with Gasteiger partial charge in [0.2, 0.25) is 0 Å². The molecule has 0 fully saturated rings. The molecule has 0 aliphatic carbocycles. The molecule has 0 aliphatic rings. The fourth-order valence-electron chi connectivity index (χ4n) is 3.23. The Hall–Kier alpha value is -3.41. The van der Waals surface area contributed by atoms with E-state index in [1.807, 2.05) is 38.1 Å². The molecule has 6 heteroatoms. The quantitative estimate of drug-likeness (QED) is 0.598. The lowest BCUT2D eigenvalue weighted by Gasteiger charge is -2.19. The van der Waals surface area contributed by atoms with Gasteiger partial charge in [-0.05, 0) is 68.1 Å². The Morgan fingerprint density at radius 1 is 1.00 bits per heavy atom. The number of nitrogens with zero attached hydrogens (tertiary/aromatic N) is 2. The van der Waals surface area contributed by atoms with Gasteiger partial charge in [-0.3, -0.25) is 4.79 Å². The summed E-state index contributed by atoms with van der Waals surface area (Å²) in [5.41, 5.74) is 5.01. The summed E-state index contributed by atoms with van der Waals surface area (Å²) in [6.07, 6.45) is 0.793. The van der Waals surface area contributed by atoms with Crippen molar-refractivity contribution in [3.63, 3.8) is 0 Å². The fourth-order valence-corrected chi connectivity index (χ4v) is 3.23. The largest absolute Gasteiger partial charge is 0.449 e. The van der Waals surface area contributed by atoms with Crippen LogP contribution in [-0.4, -0.2) is 27.8 Å². The highest BCUT2D eigenvalue weighted by molar-refractivity contribution is 5.98. The van der Waals surface area contributed by atoms with Gasteiger partial charge in [0, 0.05) is 17.6 Å². The SMILES string of the molecule is Cc1cccc(C(C)C)c1NC(=O)[C@@H](C)OC(=O)c1ccc(-n2nccc2C)cc1. The van der Waals surface area contributed by atoms with Crippen LogP contribution in [0.25, 0.3) is 5.69 Å². The first kappa shape index (κ1) is 21.3. The number of hydrogen-bond acceptors (Lipinski definition) is 4. The van der Waals surface area contributed by atoms with Crippen LogP contribution in [0.5, 0.6) is 0 Å². The van der Waals surface area contributed by atoms with Crippen LogP contribution in [0, 0.1) is 13.8 Å². The van der Waals surface area contributed by atoms with Gasteiger partial charge in [-0.1, -0.05) is 32.0 Å². The predicted octanol–water partition coefficient (Wildman–Crippen LogP) is 4.80. The van der Waals surface area contributed by atoms with Gasteiger partial charge in [0.1, 0.15) is 0 Å². The van der Waals surface area contributed by atoms with E-state index >= 15 is 0 Å². The van der Waals surface area contributed by atoms with E-state index in [9.17, 15) is 9.59 Å². The van der Waals surface area contributed by atoms with E-state index in [2.05, 4.69) is 24.3 Å². The van der Waals surface area contributed by atoms with Gasteiger partial charge in [-0.2, -0.15) is 5.10 Å². The molecule has 2 aromatic carbocycles. The minimum absolute atomic E-state index is 0.259. The number of aryl methyl sites for hydroxylation is 2. The van der Waals surface area contributed by atoms with Crippen LogP contribution in [0.3, 0.4) is 0 Å². The molecule has 1 heterocycles. The minimum atomic E-state index is -0.926. The molecule has 0 unspecified atom stereocenters. The molecule has 0 saturated carbocycles. The molecule has 156 valence electrons. The summed E-state index contributed by atoms with van der Waals surface area (Å²) in [5, 5.41) is 7.17. The number of carbonyl (C=O) groups excluding carboxylic acids is 2. The van der Waals surface area contributed by atoms with Crippen molar-refractivity contribution < 1.29 is 14.3 Å². The molecule has 0 spiro atoms. The summed E-state index contributed by atoms with van der Waals surface area (Å²) in [6, 6.07) is 14.7. The second kappa shape index (κ2) is 8.95. The van der Waals surface area contributed by atoms with E-state index < -0.39 is 12.1 Å². The van der Waals surface area contributed by atoms with Crippen molar-refractivity contribution in [3.05, 3.63) is 77.1 Å². The molecular formula is C24H27N3O3. The van der Waals surface area contributed by atoms with Crippen molar-refractivity contribution in [2.24, 2.45) is 0 Å². The molecule has 1 atom stereocenters. The monoisotopic (exact) mass is 405 g/mol. The molecule has 6 nitrogen and oxygen atoms in total. The standard InChI is InChI=1S/C24H27N3O3/c1-15(2)21-8-6-7-16(3)22(21)26-23(28)18(5)30-24(29)19-9-11-20(12-10-19)27-17(4)13-14-25-27/h6-15,18H,1-5H3,(H,26,28)/t18-/m1/s1. The van der Waals surface area contributed by atoms with Crippen LogP contribution in [0.2, 0.25) is 0 Å². The Morgan fingerprint density at radius 2 is 1.70 bits per heavy atom. The summed E-state index contributed by atoms with van der Waals surface area (Å²) >= 11 is 0. The lowest BCUT2D eigenvalue weighted by Crippen LogP contribution is -2.30. The number of amides is 1. The van der Waals surface area contributed by atoms with E-state index in [-0.39, 0.29) is 11.8 Å². The molecule has 1 aromatic heterocycles. The highest BCUT2D eigenvalue weighted by atomic mass is 16.5. The molecule has 0 aliphatic heterocycles. The maximum atomic E-state index is 12.7. The number of aromatic nitrogens is 2. The Morgan fingerprint density at radius 3 is 2.30 bits per heavy atom. The summed E-state index contributed by atoms with van der Waals surface area (Å²) in [7, 11) is 0. The first-order chi connectivity index (χ1) is 14.3. The lowest BCUT2D eigenvalue weighted by molar-refractivity contribution is -0.123. The van der Waals surface area contributed by atoms with Crippen molar-refractivity contribution in [1.29, 1.82) is 0 Å². The van der Waals surface area contributed by atoms with Gasteiger partial charge in [0.25, 0.3) is 5.91 Å². The maximum absolute atomic E-state index is 12.7. The van der Waals surface area contributed by atoms with Crippen LogP contribution in [0.15, 0.2) is 54.7 Å². The topological polar surface area (TPSA) is 73.2 Å². The molecule has 1 N–H and O–H groups in total. The zero-order chi connectivity index (χ0) is 21.8. The molecule has 1 amide bonds. The summed E-state index contributed by atoms with van der Waals surface area (Å²) in [6.45, 7) is 9.61. The van der Waals surface area contributed by atoms with Gasteiger partial charge < -0.3 is 10.1 Å². The second-order valence-electron chi connectivity index (χ2n) is 7.66. The average Bonchev–Trinajstić information content (AvgIpc) is 3.15. The van der Waals surface area contributed by atoms with Crippen molar-refractivity contribution in [2.45, 2.75) is 46.6 Å². The van der Waals surface area contributed by atoms with Crippen molar-refractivity contribution in [3.8, 4) is 5.69 Å². The summed E-state index contributed by atoms with van der Waals surface area (Å²) in [5.74, 6) is -0.645. The normalized spacial score (nSPS) is 11.9. The molecule has 0 saturated heterocycles. The Labute approximate surface area is 176 Å². The number of esters is 1. The summed E-state index contributed by atoms with van der Waals surface area (Å²) < 4.78 is 7.17. The highest BCUT2D eigenvalue weighted by Crippen LogP contribution is 2.27. The maximum Gasteiger partial charge on any atom is 0.338 e. The number of benzene rings is 2. The van der Waals surface area contributed by atoms with E-state index in [0.717, 1.165) is 28.2 Å². The number of rotatable bonds is 6. The molecule has 0 radical (unpaired) electrons. The van der Waals surface area contributed by atoms with Crippen LogP contribution < -0.4 is 5.32 Å². The average molecular weight is 405 g/mol. The highest BCUT2D eigenvalue weighted by Gasteiger charge is 2.21. The van der Waals surface area contributed by atoms with Gasteiger partial charge in [0.15, 0.2) is 6.10 Å². The van der Waals surface area contributed by atoms with E-state index in [0.29, 0.717) is 5.56 Å². The summed E-state index contributed by atoms with van der Waals surface area (Å²) in [4.78, 5) is 25.1. The minimum Gasteiger partial charge on any atom is -0.449 e. The van der Waals surface area contributed by atoms with Crippen LogP contribution in [0.1, 0.15) is 53.9 Å². The zero-order valence-electron chi connectivity index (χ0n) is 18.0. The van der Waals surface area contributed by atoms with E-state index in [1.54, 1.807) is 42.1 Å². The van der Waals surface area contributed by atoms with Gasteiger partial charge >= 0.3 is 5.97 Å². The van der Waals surface area contributed by atoms with Crippen molar-refractivity contribution in [2.75, 3.05) is 5.32 Å². The lowest BCUT2D eigenvalue weighted by atomic mass is 9.98. The number of anilines is 1. The Bertz CT molecular complexity index is 1050. The molecule has 30 heavy (non-hydrogen) atoms. The third-order valence-corrected chi connectivity index (χ3v) is 5.01. The molecule has 3 rings (SSSR count). The number of ether oxygens (including phenoxy) is 1. The number of carbonyl (C=O) groups is 2. The number of para-hydroxylation sites is 1. The smallest absolute Gasteiger partial charge is 0.338 e. The van der Waals surface area contributed by atoms with Crippen molar-refractivity contribution >= 4 is 17.6 Å². The van der Waals surface area contributed by atoms with Gasteiger partial charge in [-0.15, -0.1) is 0 Å². The van der Waals surface area contributed by atoms with E-state index in [1.165, 1.54) is 0 Å². The third-order valence-electron chi connectivity index (χ3n) is 5.01. The zero-order valence-corrected chi connectivity index (χ0v) is 18.0.